The summed E-state index contributed by atoms with van der Waals surface area (Å²) in [5.41, 5.74) is 3.02. The van der Waals surface area contributed by atoms with E-state index in [2.05, 4.69) is 65.8 Å². The van der Waals surface area contributed by atoms with Gasteiger partial charge in [0.15, 0.2) is 11.6 Å². The van der Waals surface area contributed by atoms with Crippen LogP contribution in [0.3, 0.4) is 0 Å². The van der Waals surface area contributed by atoms with Gasteiger partial charge in [0.05, 0.1) is 0 Å². The van der Waals surface area contributed by atoms with E-state index in [9.17, 15) is 9.59 Å². The molecule has 0 saturated carbocycles. The lowest BCUT2D eigenvalue weighted by atomic mass is 9.68. The number of hydrogen-bond acceptors (Lipinski definition) is 2. The van der Waals surface area contributed by atoms with Crippen molar-refractivity contribution in [1.29, 1.82) is 0 Å². The first-order chi connectivity index (χ1) is 13.9. The summed E-state index contributed by atoms with van der Waals surface area (Å²) in [6, 6.07) is 0. The van der Waals surface area contributed by atoms with E-state index in [0.717, 1.165) is 25.7 Å². The Kier molecular flexibility index (Phi) is 7.88. The molecule has 2 aliphatic rings. The quantitative estimate of drug-likeness (QED) is 0.326. The van der Waals surface area contributed by atoms with Gasteiger partial charge in [0.1, 0.15) is 0 Å². The topological polar surface area (TPSA) is 34.1 Å². The minimum absolute atomic E-state index is 0.0486. The van der Waals surface area contributed by atoms with Crippen LogP contribution >= 0.6 is 0 Å². The molecule has 0 spiro atoms. The van der Waals surface area contributed by atoms with Crippen molar-refractivity contribution in [3.63, 3.8) is 0 Å². The highest BCUT2D eigenvalue weighted by molar-refractivity contribution is 5.99. The van der Waals surface area contributed by atoms with Gasteiger partial charge in [-0.3, -0.25) is 9.59 Å². The molecular formula is C28H42O2. The van der Waals surface area contributed by atoms with Crippen molar-refractivity contribution in [2.75, 3.05) is 0 Å². The zero-order chi connectivity index (χ0) is 22.7. The molecule has 0 aromatic heterocycles. The summed E-state index contributed by atoms with van der Waals surface area (Å²) in [5.74, 6) is 0.0453. The zero-order valence-electron chi connectivity index (χ0n) is 20.4. The summed E-state index contributed by atoms with van der Waals surface area (Å²) in [6.45, 7) is 17.2. The van der Waals surface area contributed by atoms with Crippen LogP contribution in [0.2, 0.25) is 0 Å². The molecule has 166 valence electrons. The molecule has 4 unspecified atom stereocenters. The van der Waals surface area contributed by atoms with Crippen LogP contribution in [0.4, 0.5) is 0 Å². The highest BCUT2D eigenvalue weighted by Crippen LogP contribution is 2.42. The third-order valence-electron chi connectivity index (χ3n) is 7.73. The van der Waals surface area contributed by atoms with E-state index in [1.54, 1.807) is 12.2 Å². The minimum atomic E-state index is -0.314. The second-order valence-corrected chi connectivity index (χ2v) is 11.0. The largest absolute Gasteiger partial charge is 0.295 e. The molecule has 0 aliphatic heterocycles. The predicted octanol–water partition coefficient (Wildman–Crippen LogP) is 7.27. The maximum absolute atomic E-state index is 12.8. The minimum Gasteiger partial charge on any atom is -0.295 e. The van der Waals surface area contributed by atoms with Gasteiger partial charge in [-0.25, -0.2) is 0 Å². The SMILES string of the molecule is CC1=CCCC(C)(C)C1/C=C/C(=O)C(C)C(C)C(=O)/C=C/C1C(C)=CCCC1(C)C. The Morgan fingerprint density at radius 1 is 0.800 bits per heavy atom. The van der Waals surface area contributed by atoms with Crippen molar-refractivity contribution in [3.8, 4) is 0 Å². The summed E-state index contributed by atoms with van der Waals surface area (Å²) in [5, 5.41) is 0. The van der Waals surface area contributed by atoms with E-state index >= 15 is 0 Å². The monoisotopic (exact) mass is 410 g/mol. The molecule has 2 heteroatoms. The van der Waals surface area contributed by atoms with Gasteiger partial charge in [0, 0.05) is 23.7 Å². The van der Waals surface area contributed by atoms with Gasteiger partial charge in [-0.2, -0.15) is 0 Å². The van der Waals surface area contributed by atoms with Crippen LogP contribution in [0.5, 0.6) is 0 Å². The molecule has 0 amide bonds. The number of allylic oxidation sites excluding steroid dienone is 8. The fourth-order valence-corrected chi connectivity index (χ4v) is 5.14. The first-order valence-electron chi connectivity index (χ1n) is 11.6. The van der Waals surface area contributed by atoms with Gasteiger partial charge in [-0.1, -0.05) is 77.0 Å². The molecule has 0 aromatic carbocycles. The van der Waals surface area contributed by atoms with Crippen LogP contribution in [-0.4, -0.2) is 11.6 Å². The fraction of sp³-hybridized carbons (Fsp3) is 0.643. The number of rotatable bonds is 7. The van der Waals surface area contributed by atoms with Gasteiger partial charge >= 0.3 is 0 Å². The Bertz CT molecular complexity index is 706. The van der Waals surface area contributed by atoms with Gasteiger partial charge < -0.3 is 0 Å². The summed E-state index contributed by atoms with van der Waals surface area (Å²) in [7, 11) is 0. The van der Waals surface area contributed by atoms with E-state index in [4.69, 9.17) is 0 Å². The normalized spacial score (nSPS) is 28.1. The molecule has 0 fully saturated rings. The van der Waals surface area contributed by atoms with Crippen molar-refractivity contribution in [2.24, 2.45) is 34.5 Å². The van der Waals surface area contributed by atoms with Crippen LogP contribution < -0.4 is 0 Å². The fourth-order valence-electron chi connectivity index (χ4n) is 5.14. The average molecular weight is 411 g/mol. The zero-order valence-corrected chi connectivity index (χ0v) is 20.4. The van der Waals surface area contributed by atoms with Gasteiger partial charge in [0.25, 0.3) is 0 Å². The molecule has 4 atom stereocenters. The number of hydrogen-bond donors (Lipinski definition) is 0. The number of carbonyl (C=O) groups excluding carboxylic acids is 2. The molecule has 2 aliphatic carbocycles. The highest BCUT2D eigenvalue weighted by atomic mass is 16.1. The molecule has 0 bridgehead atoms. The lowest BCUT2D eigenvalue weighted by Gasteiger charge is -2.36. The standard InChI is InChI=1S/C28H42O2/c1-19-11-9-17-27(5,6)23(19)13-15-25(29)21(3)22(4)26(30)16-14-24-20(2)12-10-18-28(24,7)8/h11-16,21-24H,9-10,17-18H2,1-8H3/b15-13+,16-14+. The first kappa shape index (κ1) is 24.6. The average Bonchev–Trinajstić information content (AvgIpc) is 2.64. The van der Waals surface area contributed by atoms with Crippen LogP contribution in [0.1, 0.15) is 81.1 Å². The molecular weight excluding hydrogens is 368 g/mol. The summed E-state index contributed by atoms with van der Waals surface area (Å²) < 4.78 is 0. The maximum atomic E-state index is 12.8. The predicted molar refractivity (Wildman–Crippen MR) is 127 cm³/mol. The number of carbonyl (C=O) groups is 2. The second kappa shape index (κ2) is 9.62. The Morgan fingerprint density at radius 2 is 1.13 bits per heavy atom. The molecule has 0 heterocycles. The van der Waals surface area contributed by atoms with Crippen molar-refractivity contribution in [1.82, 2.24) is 0 Å². The molecule has 0 radical (unpaired) electrons. The van der Waals surface area contributed by atoms with E-state index in [1.165, 1.54) is 11.1 Å². The van der Waals surface area contributed by atoms with Crippen LogP contribution in [0, 0.1) is 34.5 Å². The van der Waals surface area contributed by atoms with Gasteiger partial charge in [-0.05, 0) is 62.5 Å². The smallest absolute Gasteiger partial charge is 0.158 e. The van der Waals surface area contributed by atoms with E-state index in [0.29, 0.717) is 0 Å². The molecule has 2 nitrogen and oxygen atoms in total. The summed E-state index contributed by atoms with van der Waals surface area (Å²) in [4.78, 5) is 25.6. The Labute approximate surface area is 184 Å². The molecule has 2 rings (SSSR count). The number of ketones is 2. The van der Waals surface area contributed by atoms with E-state index in [-0.39, 0.29) is 46.1 Å². The van der Waals surface area contributed by atoms with Crippen LogP contribution in [-0.2, 0) is 9.59 Å². The van der Waals surface area contributed by atoms with Crippen molar-refractivity contribution >= 4 is 11.6 Å². The molecule has 0 N–H and O–H groups in total. The first-order valence-corrected chi connectivity index (χ1v) is 11.6. The van der Waals surface area contributed by atoms with Crippen LogP contribution in [0.25, 0.3) is 0 Å². The lowest BCUT2D eigenvalue weighted by molar-refractivity contribution is -0.126. The van der Waals surface area contributed by atoms with E-state index < -0.39 is 0 Å². The second-order valence-electron chi connectivity index (χ2n) is 11.0. The Morgan fingerprint density at radius 3 is 1.43 bits per heavy atom. The molecule has 30 heavy (non-hydrogen) atoms. The summed E-state index contributed by atoms with van der Waals surface area (Å²) >= 11 is 0. The lowest BCUT2D eigenvalue weighted by Crippen LogP contribution is -2.28. The highest BCUT2D eigenvalue weighted by Gasteiger charge is 2.33. The Balaban J connectivity index is 2.04. The molecule has 0 aromatic rings. The van der Waals surface area contributed by atoms with E-state index in [1.807, 2.05) is 13.8 Å². The van der Waals surface area contributed by atoms with Crippen LogP contribution in [0.15, 0.2) is 47.6 Å². The summed E-state index contributed by atoms with van der Waals surface area (Å²) in [6.07, 6.45) is 16.6. The maximum Gasteiger partial charge on any atom is 0.158 e. The van der Waals surface area contributed by atoms with Crippen molar-refractivity contribution in [2.45, 2.75) is 81.1 Å². The van der Waals surface area contributed by atoms with Gasteiger partial charge in [0.2, 0.25) is 0 Å². The third kappa shape index (κ3) is 5.71. The Hall–Kier alpha value is -1.70. The third-order valence-corrected chi connectivity index (χ3v) is 7.73. The molecule has 0 saturated heterocycles. The van der Waals surface area contributed by atoms with Crippen molar-refractivity contribution in [3.05, 3.63) is 47.6 Å². The van der Waals surface area contributed by atoms with Gasteiger partial charge in [-0.15, -0.1) is 0 Å². The van der Waals surface area contributed by atoms with Crippen molar-refractivity contribution < 1.29 is 9.59 Å².